The van der Waals surface area contributed by atoms with Gasteiger partial charge in [0.2, 0.25) is 0 Å². The van der Waals surface area contributed by atoms with Crippen molar-refractivity contribution in [3.8, 4) is 11.5 Å². The Kier molecular flexibility index (Phi) is 6.80. The van der Waals surface area contributed by atoms with Gasteiger partial charge >= 0.3 is 0 Å². The molecule has 0 saturated heterocycles. The molecule has 29 heavy (non-hydrogen) atoms. The molecular formula is C22H20O7. The molecule has 1 aromatic carbocycles. The zero-order valence-electron chi connectivity index (χ0n) is 15.9. The Hall–Kier alpha value is -3.58. The molecule has 0 fully saturated rings. The SMILES string of the molecule is CC(C)=CC[C@H](O)C1=CC(=O)c2c(O)ccc(O)c2C1=O.O=C1C=CC(=O)C=C1. The van der Waals surface area contributed by atoms with Crippen molar-refractivity contribution in [1.82, 2.24) is 0 Å². The van der Waals surface area contributed by atoms with E-state index < -0.39 is 17.7 Å². The number of ketones is 4. The van der Waals surface area contributed by atoms with E-state index in [4.69, 9.17) is 0 Å². The highest BCUT2D eigenvalue weighted by atomic mass is 16.3. The number of allylic oxidation sites excluding steroid dienone is 6. The highest BCUT2D eigenvalue weighted by Crippen LogP contribution is 2.35. The summed E-state index contributed by atoms with van der Waals surface area (Å²) in [5, 5.41) is 29.5. The van der Waals surface area contributed by atoms with Crippen LogP contribution in [0.5, 0.6) is 11.5 Å². The van der Waals surface area contributed by atoms with E-state index in [1.165, 1.54) is 24.3 Å². The number of fused-ring (bicyclic) bond motifs is 1. The van der Waals surface area contributed by atoms with E-state index in [1.54, 1.807) is 6.08 Å². The highest BCUT2D eigenvalue weighted by Gasteiger charge is 2.33. The summed E-state index contributed by atoms with van der Waals surface area (Å²) in [4.78, 5) is 44.9. The zero-order chi connectivity index (χ0) is 21.7. The topological polar surface area (TPSA) is 129 Å². The second-order valence-corrected chi connectivity index (χ2v) is 6.65. The van der Waals surface area contributed by atoms with Crippen molar-refractivity contribution < 1.29 is 34.5 Å². The lowest BCUT2D eigenvalue weighted by molar-refractivity contribution is -0.113. The van der Waals surface area contributed by atoms with Crippen LogP contribution in [0.4, 0.5) is 0 Å². The number of rotatable bonds is 3. The van der Waals surface area contributed by atoms with Gasteiger partial charge in [0, 0.05) is 5.57 Å². The van der Waals surface area contributed by atoms with Gasteiger partial charge in [-0.1, -0.05) is 11.6 Å². The van der Waals surface area contributed by atoms with E-state index in [2.05, 4.69) is 0 Å². The fourth-order valence-electron chi connectivity index (χ4n) is 2.64. The number of hydrogen-bond donors (Lipinski definition) is 3. The molecule has 2 aliphatic carbocycles. The quantitative estimate of drug-likeness (QED) is 0.406. The van der Waals surface area contributed by atoms with Gasteiger partial charge in [-0.15, -0.1) is 0 Å². The third kappa shape index (κ3) is 5.24. The monoisotopic (exact) mass is 396 g/mol. The first kappa shape index (κ1) is 21.7. The fraction of sp³-hybridized carbons (Fsp3) is 0.182. The Morgan fingerprint density at radius 2 is 1.38 bits per heavy atom. The number of carbonyl (C=O) groups excluding carboxylic acids is 4. The van der Waals surface area contributed by atoms with Crippen LogP contribution in [0.15, 0.2) is 59.7 Å². The van der Waals surface area contributed by atoms with Crippen LogP contribution in [0, 0.1) is 0 Å². The molecule has 0 aromatic heterocycles. The van der Waals surface area contributed by atoms with E-state index in [0.29, 0.717) is 0 Å². The molecule has 0 spiro atoms. The molecule has 2 aliphatic rings. The Morgan fingerprint density at radius 1 is 0.897 bits per heavy atom. The molecule has 0 radical (unpaired) electrons. The highest BCUT2D eigenvalue weighted by molar-refractivity contribution is 6.27. The van der Waals surface area contributed by atoms with E-state index in [0.717, 1.165) is 23.8 Å². The zero-order valence-corrected chi connectivity index (χ0v) is 15.9. The van der Waals surface area contributed by atoms with E-state index >= 15 is 0 Å². The number of aromatic hydroxyl groups is 2. The predicted molar refractivity (Wildman–Crippen MR) is 105 cm³/mol. The summed E-state index contributed by atoms with van der Waals surface area (Å²) in [6.45, 7) is 3.71. The van der Waals surface area contributed by atoms with Crippen molar-refractivity contribution >= 4 is 23.1 Å². The molecule has 0 saturated carbocycles. The molecule has 1 atom stereocenters. The van der Waals surface area contributed by atoms with Crippen LogP contribution >= 0.6 is 0 Å². The van der Waals surface area contributed by atoms with E-state index in [9.17, 15) is 34.5 Å². The number of aliphatic hydroxyl groups is 1. The fourth-order valence-corrected chi connectivity index (χ4v) is 2.64. The van der Waals surface area contributed by atoms with Crippen molar-refractivity contribution in [2.24, 2.45) is 0 Å². The van der Waals surface area contributed by atoms with Gasteiger partial charge in [0.25, 0.3) is 0 Å². The molecule has 150 valence electrons. The minimum absolute atomic E-state index is 0.0779. The smallest absolute Gasteiger partial charge is 0.196 e. The minimum Gasteiger partial charge on any atom is -0.507 e. The first-order valence-electron chi connectivity index (χ1n) is 8.73. The van der Waals surface area contributed by atoms with Crippen LogP contribution in [0.3, 0.4) is 0 Å². The first-order chi connectivity index (χ1) is 13.6. The van der Waals surface area contributed by atoms with Gasteiger partial charge in [-0.2, -0.15) is 0 Å². The summed E-state index contributed by atoms with van der Waals surface area (Å²) in [6, 6.07) is 2.29. The third-order valence-corrected chi connectivity index (χ3v) is 4.12. The molecule has 0 bridgehead atoms. The van der Waals surface area contributed by atoms with Gasteiger partial charge in [0.1, 0.15) is 11.5 Å². The van der Waals surface area contributed by atoms with Gasteiger partial charge in [0.05, 0.1) is 17.2 Å². The number of hydrogen-bond acceptors (Lipinski definition) is 7. The molecule has 3 N–H and O–H groups in total. The summed E-state index contributed by atoms with van der Waals surface area (Å²) in [5.41, 5.74) is 0.419. The predicted octanol–water partition coefficient (Wildman–Crippen LogP) is 2.37. The number of aliphatic hydroxyl groups excluding tert-OH is 1. The number of benzene rings is 1. The van der Waals surface area contributed by atoms with E-state index in [-0.39, 0.29) is 46.2 Å². The molecule has 0 aliphatic heterocycles. The van der Waals surface area contributed by atoms with Gasteiger partial charge in [-0.05, 0) is 62.8 Å². The summed E-state index contributed by atoms with van der Waals surface area (Å²) < 4.78 is 0. The van der Waals surface area contributed by atoms with Crippen LogP contribution in [-0.2, 0) is 9.59 Å². The normalized spacial score (nSPS) is 15.9. The molecule has 0 unspecified atom stereocenters. The van der Waals surface area contributed by atoms with Crippen molar-refractivity contribution in [3.05, 3.63) is 70.9 Å². The second kappa shape index (κ2) is 9.07. The lowest BCUT2D eigenvalue weighted by Crippen LogP contribution is -2.25. The van der Waals surface area contributed by atoms with Gasteiger partial charge in [0.15, 0.2) is 23.1 Å². The number of carbonyl (C=O) groups is 4. The lowest BCUT2D eigenvalue weighted by Gasteiger charge is -2.20. The van der Waals surface area contributed by atoms with Crippen molar-refractivity contribution in [3.63, 3.8) is 0 Å². The molecule has 7 nitrogen and oxygen atoms in total. The summed E-state index contributed by atoms with van der Waals surface area (Å²) >= 11 is 0. The van der Waals surface area contributed by atoms with Crippen molar-refractivity contribution in [1.29, 1.82) is 0 Å². The molecule has 0 amide bonds. The van der Waals surface area contributed by atoms with Crippen molar-refractivity contribution in [2.45, 2.75) is 26.4 Å². The Labute approximate surface area is 167 Å². The first-order valence-corrected chi connectivity index (χ1v) is 8.73. The van der Waals surface area contributed by atoms with Crippen LogP contribution < -0.4 is 0 Å². The Balaban J connectivity index is 0.000000313. The maximum absolute atomic E-state index is 12.3. The maximum Gasteiger partial charge on any atom is 0.196 e. The average molecular weight is 396 g/mol. The molecule has 3 rings (SSSR count). The van der Waals surface area contributed by atoms with Gasteiger partial charge in [-0.25, -0.2) is 0 Å². The van der Waals surface area contributed by atoms with Crippen LogP contribution in [0.25, 0.3) is 0 Å². The summed E-state index contributed by atoms with van der Waals surface area (Å²) in [5.74, 6) is -2.25. The van der Waals surface area contributed by atoms with Crippen LogP contribution in [0.1, 0.15) is 41.0 Å². The summed E-state index contributed by atoms with van der Waals surface area (Å²) in [6.07, 6.45) is 6.84. The average Bonchev–Trinajstić information content (AvgIpc) is 2.67. The van der Waals surface area contributed by atoms with E-state index in [1.807, 2.05) is 13.8 Å². The Bertz CT molecular complexity index is 964. The summed E-state index contributed by atoms with van der Waals surface area (Å²) in [7, 11) is 0. The van der Waals surface area contributed by atoms with Crippen LogP contribution in [0.2, 0.25) is 0 Å². The second-order valence-electron chi connectivity index (χ2n) is 6.65. The lowest BCUT2D eigenvalue weighted by atomic mass is 9.85. The van der Waals surface area contributed by atoms with Gasteiger partial charge in [-0.3, -0.25) is 19.2 Å². The molecule has 1 aromatic rings. The molecule has 0 heterocycles. The minimum atomic E-state index is -1.13. The number of phenols is 2. The largest absolute Gasteiger partial charge is 0.507 e. The third-order valence-electron chi connectivity index (χ3n) is 4.12. The van der Waals surface area contributed by atoms with Crippen molar-refractivity contribution in [2.75, 3.05) is 0 Å². The van der Waals surface area contributed by atoms with Gasteiger partial charge < -0.3 is 15.3 Å². The number of phenolic OH excluding ortho intramolecular Hbond substituents is 2. The number of Topliss-reactive ketones (excluding diaryl/α,β-unsaturated/α-hetero) is 1. The molecule has 7 heteroatoms. The standard InChI is InChI=1S/C16H16O5.C6H4O2/c1-8(2)3-4-10(17)9-7-13(20)14-11(18)5-6-12(19)15(14)16(9)21;7-5-1-2-6(8)4-3-5/h3,5-7,10,17-19H,4H2,1-2H3;1-4H/t10-;/m0./s1. The molecular weight excluding hydrogens is 376 g/mol. The maximum atomic E-state index is 12.3. The van der Waals surface area contributed by atoms with Crippen LogP contribution in [-0.4, -0.2) is 44.6 Å². The Morgan fingerprint density at radius 3 is 1.86 bits per heavy atom.